The molecule has 2 N–H and O–H groups in total. The zero-order valence-corrected chi connectivity index (χ0v) is 22.0. The normalized spacial score (nSPS) is 16.3. The molecule has 0 saturated carbocycles. The molecule has 1 aliphatic rings. The largest absolute Gasteiger partial charge is 0.497 e. The first kappa shape index (κ1) is 27.1. The third-order valence-corrected chi connectivity index (χ3v) is 5.52. The highest BCUT2D eigenvalue weighted by Gasteiger charge is 2.23. The van der Waals surface area contributed by atoms with Crippen LogP contribution in [0.4, 0.5) is 4.39 Å². The number of hydrogen-bond donors (Lipinski definition) is 2. The molecule has 0 spiro atoms. The number of likely N-dealkylation sites (tertiary alicyclic amines) is 1. The van der Waals surface area contributed by atoms with E-state index in [1.165, 1.54) is 6.07 Å². The van der Waals surface area contributed by atoms with Gasteiger partial charge in [-0.1, -0.05) is 6.07 Å². The summed E-state index contributed by atoms with van der Waals surface area (Å²) in [5.41, 5.74) is 2.68. The highest BCUT2D eigenvalue weighted by atomic mass is 127. The molecule has 2 aromatic rings. The van der Waals surface area contributed by atoms with Crippen LogP contribution in [-0.2, 0) is 24.4 Å². The first-order chi connectivity index (χ1) is 15.5. The van der Waals surface area contributed by atoms with Gasteiger partial charge in [0.2, 0.25) is 0 Å². The van der Waals surface area contributed by atoms with Crippen LogP contribution in [0.25, 0.3) is 0 Å². The second-order valence-corrected chi connectivity index (χ2v) is 7.87. The van der Waals surface area contributed by atoms with E-state index in [1.54, 1.807) is 34.4 Å². The lowest BCUT2D eigenvalue weighted by molar-refractivity contribution is 0.181. The van der Waals surface area contributed by atoms with Crippen molar-refractivity contribution in [1.82, 2.24) is 15.5 Å². The van der Waals surface area contributed by atoms with Gasteiger partial charge in [0.25, 0.3) is 0 Å². The number of guanidine groups is 1. The Bertz CT molecular complexity index is 906. The van der Waals surface area contributed by atoms with Gasteiger partial charge in [0.05, 0.1) is 20.8 Å². The highest BCUT2D eigenvalue weighted by Crippen LogP contribution is 2.24. The van der Waals surface area contributed by atoms with Crippen molar-refractivity contribution in [3.63, 3.8) is 0 Å². The molecule has 0 bridgehead atoms. The minimum Gasteiger partial charge on any atom is -0.497 e. The minimum atomic E-state index is -0.252. The van der Waals surface area contributed by atoms with E-state index in [4.69, 9.17) is 14.2 Å². The lowest BCUT2D eigenvalue weighted by Crippen LogP contribution is -2.44. The van der Waals surface area contributed by atoms with Crippen molar-refractivity contribution in [3.05, 3.63) is 58.9 Å². The van der Waals surface area contributed by atoms with Gasteiger partial charge < -0.3 is 24.8 Å². The third kappa shape index (κ3) is 8.01. The summed E-state index contributed by atoms with van der Waals surface area (Å²) in [6.45, 7) is 3.54. The van der Waals surface area contributed by atoms with E-state index < -0.39 is 0 Å². The van der Waals surface area contributed by atoms with Crippen LogP contribution in [0.2, 0.25) is 0 Å². The van der Waals surface area contributed by atoms with Gasteiger partial charge in [-0.25, -0.2) is 4.39 Å². The number of nitrogens with zero attached hydrogens (tertiary/aromatic N) is 2. The number of methoxy groups -OCH3 is 3. The van der Waals surface area contributed by atoms with Crippen molar-refractivity contribution in [2.24, 2.45) is 4.99 Å². The molecular weight excluding hydrogens is 538 g/mol. The number of ether oxygens (including phenoxy) is 3. The zero-order valence-electron chi connectivity index (χ0n) is 19.7. The van der Waals surface area contributed by atoms with Gasteiger partial charge in [0.15, 0.2) is 5.96 Å². The minimum absolute atomic E-state index is 0. The predicted molar refractivity (Wildman–Crippen MR) is 139 cm³/mol. The maximum absolute atomic E-state index is 13.8. The molecule has 1 unspecified atom stereocenters. The molecule has 0 aromatic heterocycles. The Balaban J connectivity index is 0.00000385. The zero-order chi connectivity index (χ0) is 22.9. The fourth-order valence-corrected chi connectivity index (χ4v) is 3.89. The second kappa shape index (κ2) is 13.6. The Morgan fingerprint density at radius 1 is 1.09 bits per heavy atom. The van der Waals surface area contributed by atoms with E-state index in [0.29, 0.717) is 18.2 Å². The van der Waals surface area contributed by atoms with Crippen molar-refractivity contribution < 1.29 is 18.6 Å². The first-order valence-electron chi connectivity index (χ1n) is 10.7. The van der Waals surface area contributed by atoms with Crippen molar-refractivity contribution in [1.29, 1.82) is 0 Å². The Morgan fingerprint density at radius 2 is 1.82 bits per heavy atom. The molecule has 33 heavy (non-hydrogen) atoms. The fraction of sp³-hybridized carbons (Fsp3) is 0.458. The smallest absolute Gasteiger partial charge is 0.191 e. The number of halogens is 2. The van der Waals surface area contributed by atoms with Crippen molar-refractivity contribution in [2.45, 2.75) is 32.2 Å². The summed E-state index contributed by atoms with van der Waals surface area (Å²) < 4.78 is 29.6. The van der Waals surface area contributed by atoms with Gasteiger partial charge in [-0.15, -0.1) is 24.0 Å². The average molecular weight is 572 g/mol. The molecule has 1 saturated heterocycles. The summed E-state index contributed by atoms with van der Waals surface area (Å²) >= 11 is 0. The van der Waals surface area contributed by atoms with Crippen LogP contribution in [0.5, 0.6) is 11.5 Å². The number of hydrogen-bond acceptors (Lipinski definition) is 5. The van der Waals surface area contributed by atoms with Crippen molar-refractivity contribution in [3.8, 4) is 11.5 Å². The standard InChI is InChI=1S/C24H33FN4O3.HI/c1-26-24(27-13-17-5-6-23(25)19(9-17)16-30-2)28-20-7-8-29(15-20)14-18-10-21(31-3)12-22(11-18)32-4;/h5-6,9-12,20H,7-8,13-16H2,1-4H3,(H2,26,27,28);1H. The third-order valence-electron chi connectivity index (χ3n) is 5.52. The number of rotatable bonds is 9. The van der Waals surface area contributed by atoms with Crippen LogP contribution in [-0.4, -0.2) is 58.4 Å². The van der Waals surface area contributed by atoms with Gasteiger partial charge >= 0.3 is 0 Å². The van der Waals surface area contributed by atoms with E-state index in [-0.39, 0.29) is 36.4 Å². The monoisotopic (exact) mass is 572 g/mol. The van der Waals surface area contributed by atoms with Crippen molar-refractivity contribution >= 4 is 29.9 Å². The molecule has 1 heterocycles. The quantitative estimate of drug-likeness (QED) is 0.272. The Hall–Kier alpha value is -2.11. The molecule has 1 atom stereocenters. The van der Waals surface area contributed by atoms with Gasteiger partial charge in [-0.05, 0) is 41.8 Å². The molecular formula is C24H34FIN4O3. The number of benzene rings is 2. The van der Waals surface area contributed by atoms with E-state index in [2.05, 4.69) is 20.5 Å². The molecule has 0 amide bonds. The van der Waals surface area contributed by atoms with Gasteiger partial charge in [-0.2, -0.15) is 0 Å². The summed E-state index contributed by atoms with van der Waals surface area (Å²) in [5, 5.41) is 6.82. The topological polar surface area (TPSA) is 67.4 Å². The van der Waals surface area contributed by atoms with Gasteiger partial charge in [-0.3, -0.25) is 9.89 Å². The highest BCUT2D eigenvalue weighted by molar-refractivity contribution is 14.0. The van der Waals surface area contributed by atoms with E-state index in [0.717, 1.165) is 54.6 Å². The molecule has 7 nitrogen and oxygen atoms in total. The lowest BCUT2D eigenvalue weighted by atomic mass is 10.1. The average Bonchev–Trinajstić information content (AvgIpc) is 3.24. The van der Waals surface area contributed by atoms with Crippen LogP contribution in [0, 0.1) is 5.82 Å². The van der Waals surface area contributed by atoms with Gasteiger partial charge in [0, 0.05) is 58.0 Å². The molecule has 3 rings (SSSR count). The summed E-state index contributed by atoms with van der Waals surface area (Å²) in [6, 6.07) is 11.3. The Kier molecular flexibility index (Phi) is 11.2. The number of aliphatic imine (C=N–C) groups is 1. The maximum atomic E-state index is 13.8. The van der Waals surface area contributed by atoms with Crippen LogP contribution in [0.3, 0.4) is 0 Å². The summed E-state index contributed by atoms with van der Waals surface area (Å²) in [7, 11) is 6.64. The van der Waals surface area contributed by atoms with E-state index >= 15 is 0 Å². The van der Waals surface area contributed by atoms with Gasteiger partial charge in [0.1, 0.15) is 17.3 Å². The molecule has 2 aromatic carbocycles. The van der Waals surface area contributed by atoms with E-state index in [9.17, 15) is 4.39 Å². The summed E-state index contributed by atoms with van der Waals surface area (Å²) in [4.78, 5) is 6.74. The lowest BCUT2D eigenvalue weighted by Gasteiger charge is -2.19. The Labute approximate surface area is 212 Å². The SMILES string of the molecule is CN=C(NCc1ccc(F)c(COC)c1)NC1CCN(Cc2cc(OC)cc(OC)c2)C1.I. The first-order valence-corrected chi connectivity index (χ1v) is 10.7. The molecule has 182 valence electrons. The van der Waals surface area contributed by atoms with E-state index in [1.807, 2.05) is 24.3 Å². The Morgan fingerprint density at radius 3 is 2.45 bits per heavy atom. The van der Waals surface area contributed by atoms with Crippen LogP contribution in [0.15, 0.2) is 41.4 Å². The molecule has 0 radical (unpaired) electrons. The molecule has 1 aliphatic heterocycles. The molecule has 9 heteroatoms. The number of nitrogens with one attached hydrogen (secondary N) is 2. The molecule has 1 fully saturated rings. The maximum Gasteiger partial charge on any atom is 0.191 e. The molecule has 0 aliphatic carbocycles. The fourth-order valence-electron chi connectivity index (χ4n) is 3.89. The predicted octanol–water partition coefficient (Wildman–Crippen LogP) is 3.55. The van der Waals surface area contributed by atoms with Crippen LogP contribution < -0.4 is 20.1 Å². The van der Waals surface area contributed by atoms with Crippen LogP contribution >= 0.6 is 24.0 Å². The second-order valence-electron chi connectivity index (χ2n) is 7.87. The van der Waals surface area contributed by atoms with Crippen molar-refractivity contribution in [2.75, 3.05) is 41.5 Å². The summed E-state index contributed by atoms with van der Waals surface area (Å²) in [5.74, 6) is 2.08. The summed E-state index contributed by atoms with van der Waals surface area (Å²) in [6.07, 6.45) is 1.02. The van der Waals surface area contributed by atoms with Crippen LogP contribution in [0.1, 0.15) is 23.1 Å².